The van der Waals surface area contributed by atoms with Gasteiger partial charge in [0, 0.05) is 11.1 Å². The highest BCUT2D eigenvalue weighted by atomic mass is 16.6. The Morgan fingerprint density at radius 3 is 1.61 bits per heavy atom. The number of ether oxygens (including phenoxy) is 2. The second kappa shape index (κ2) is 3.29. The third-order valence-corrected chi connectivity index (χ3v) is 3.73. The molecule has 2 nitrogen and oxygen atoms in total. The molecule has 0 bridgehead atoms. The van der Waals surface area contributed by atoms with Crippen LogP contribution in [0.15, 0.2) is 36.4 Å². The van der Waals surface area contributed by atoms with Crippen LogP contribution in [0.5, 0.6) is 11.5 Å². The fraction of sp³-hybridized carbons (Fsp3) is 0.250. The lowest BCUT2D eigenvalue weighted by Crippen LogP contribution is -2.06. The molecule has 0 amide bonds. The Labute approximate surface area is 106 Å². The number of rotatable bonds is 0. The molecule has 0 spiro atoms. The third kappa shape index (κ3) is 1.23. The quantitative estimate of drug-likeness (QED) is 0.693. The summed E-state index contributed by atoms with van der Waals surface area (Å²) in [5, 5.41) is 0. The summed E-state index contributed by atoms with van der Waals surface area (Å²) in [5.74, 6) is 1.94. The van der Waals surface area contributed by atoms with Crippen molar-refractivity contribution in [2.24, 2.45) is 0 Å². The number of hydrogen-bond donors (Lipinski definition) is 0. The first-order valence-corrected chi connectivity index (χ1v) is 6.27. The highest BCUT2D eigenvalue weighted by Gasteiger charge is 2.43. The van der Waals surface area contributed by atoms with Crippen LogP contribution in [0.2, 0.25) is 0 Å². The van der Waals surface area contributed by atoms with E-state index >= 15 is 0 Å². The van der Waals surface area contributed by atoms with Crippen LogP contribution < -0.4 is 9.47 Å². The van der Waals surface area contributed by atoms with Crippen molar-refractivity contribution in [2.45, 2.75) is 26.1 Å². The van der Waals surface area contributed by atoms with Gasteiger partial charge in [0.05, 0.1) is 0 Å². The zero-order chi connectivity index (χ0) is 12.3. The van der Waals surface area contributed by atoms with Crippen LogP contribution in [0, 0.1) is 13.8 Å². The van der Waals surface area contributed by atoms with E-state index in [1.165, 1.54) is 22.3 Å². The molecule has 2 heterocycles. The van der Waals surface area contributed by atoms with E-state index in [0.29, 0.717) is 0 Å². The molecule has 4 rings (SSSR count). The van der Waals surface area contributed by atoms with E-state index in [-0.39, 0.29) is 12.2 Å². The molecular formula is C16H14O2. The van der Waals surface area contributed by atoms with E-state index in [4.69, 9.17) is 9.47 Å². The number of aryl methyl sites for hydroxylation is 2. The normalized spacial score (nSPS) is 22.8. The molecule has 0 radical (unpaired) electrons. The van der Waals surface area contributed by atoms with Crippen molar-refractivity contribution in [2.75, 3.05) is 0 Å². The van der Waals surface area contributed by atoms with Gasteiger partial charge < -0.3 is 9.47 Å². The van der Waals surface area contributed by atoms with Crippen LogP contribution >= 0.6 is 0 Å². The number of benzene rings is 2. The Kier molecular flexibility index (Phi) is 1.83. The molecule has 2 aromatic carbocycles. The summed E-state index contributed by atoms with van der Waals surface area (Å²) in [5.41, 5.74) is 4.77. The summed E-state index contributed by atoms with van der Waals surface area (Å²) in [6.07, 6.45) is 0.0507. The van der Waals surface area contributed by atoms with Gasteiger partial charge in [0.2, 0.25) is 0 Å². The van der Waals surface area contributed by atoms with Crippen molar-refractivity contribution in [3.8, 4) is 11.5 Å². The molecule has 0 saturated heterocycles. The molecule has 18 heavy (non-hydrogen) atoms. The molecule has 0 aromatic heterocycles. The van der Waals surface area contributed by atoms with Gasteiger partial charge in [0.25, 0.3) is 0 Å². The first-order valence-electron chi connectivity index (χ1n) is 6.27. The van der Waals surface area contributed by atoms with Gasteiger partial charge in [0.1, 0.15) is 11.5 Å². The molecule has 0 aliphatic carbocycles. The molecule has 2 heteroatoms. The van der Waals surface area contributed by atoms with Crippen LogP contribution in [0.3, 0.4) is 0 Å². The molecule has 0 unspecified atom stereocenters. The smallest absolute Gasteiger partial charge is 0.168 e. The SMILES string of the molecule is Cc1ccc2c(c1)O[C@@H]1c3ccc(C)cc3O[C@H]21. The maximum Gasteiger partial charge on any atom is 0.168 e. The molecule has 90 valence electrons. The van der Waals surface area contributed by atoms with Crippen molar-refractivity contribution in [1.29, 1.82) is 0 Å². The number of fused-ring (bicyclic) bond motifs is 5. The van der Waals surface area contributed by atoms with E-state index in [0.717, 1.165) is 11.5 Å². The maximum absolute atomic E-state index is 6.05. The molecule has 0 N–H and O–H groups in total. The maximum atomic E-state index is 6.05. The minimum atomic E-state index is 0.0254. The lowest BCUT2D eigenvalue weighted by molar-refractivity contribution is 0.123. The minimum absolute atomic E-state index is 0.0254. The van der Waals surface area contributed by atoms with Crippen LogP contribution in [0.1, 0.15) is 34.5 Å². The van der Waals surface area contributed by atoms with E-state index in [1.807, 2.05) is 0 Å². The van der Waals surface area contributed by atoms with Gasteiger partial charge in [-0.25, -0.2) is 0 Å². The Bertz CT molecular complexity index is 588. The summed E-state index contributed by atoms with van der Waals surface area (Å²) in [6, 6.07) is 12.6. The first-order chi connectivity index (χ1) is 8.72. The number of hydrogen-bond acceptors (Lipinski definition) is 2. The van der Waals surface area contributed by atoms with Gasteiger partial charge in [-0.3, -0.25) is 0 Å². The lowest BCUT2D eigenvalue weighted by atomic mass is 10.0. The average Bonchev–Trinajstić information content (AvgIpc) is 2.83. The average molecular weight is 238 g/mol. The Balaban J connectivity index is 1.82. The van der Waals surface area contributed by atoms with Gasteiger partial charge in [-0.2, -0.15) is 0 Å². The Hall–Kier alpha value is -1.96. The second-order valence-electron chi connectivity index (χ2n) is 5.16. The predicted octanol–water partition coefficient (Wildman–Crippen LogP) is 3.87. The summed E-state index contributed by atoms with van der Waals surface area (Å²) >= 11 is 0. The van der Waals surface area contributed by atoms with Crippen LogP contribution in [-0.4, -0.2) is 0 Å². The van der Waals surface area contributed by atoms with Gasteiger partial charge in [-0.05, 0) is 37.1 Å². The predicted molar refractivity (Wildman–Crippen MR) is 69.1 cm³/mol. The molecule has 2 atom stereocenters. The molecular weight excluding hydrogens is 224 g/mol. The van der Waals surface area contributed by atoms with E-state index in [9.17, 15) is 0 Å². The Morgan fingerprint density at radius 1 is 0.722 bits per heavy atom. The van der Waals surface area contributed by atoms with Crippen molar-refractivity contribution in [3.05, 3.63) is 58.7 Å². The zero-order valence-electron chi connectivity index (χ0n) is 10.4. The zero-order valence-corrected chi connectivity index (χ0v) is 10.4. The summed E-state index contributed by atoms with van der Waals surface area (Å²) in [6.45, 7) is 4.16. The van der Waals surface area contributed by atoms with Gasteiger partial charge in [-0.15, -0.1) is 0 Å². The lowest BCUT2D eigenvalue weighted by Gasteiger charge is -2.07. The van der Waals surface area contributed by atoms with Gasteiger partial charge in [0.15, 0.2) is 12.2 Å². The highest BCUT2D eigenvalue weighted by Crippen LogP contribution is 2.53. The summed E-state index contributed by atoms with van der Waals surface area (Å²) in [4.78, 5) is 0. The summed E-state index contributed by atoms with van der Waals surface area (Å²) < 4.78 is 12.1. The molecule has 2 aliphatic rings. The van der Waals surface area contributed by atoms with Crippen molar-refractivity contribution >= 4 is 0 Å². The van der Waals surface area contributed by atoms with E-state index < -0.39 is 0 Å². The standard InChI is InChI=1S/C16H14O2/c1-9-3-5-11-13(7-9)17-16-12-6-4-10(2)8-14(12)18-15(11)16/h3-8,15-16H,1-2H3/t15-,16-/m1/s1. The topological polar surface area (TPSA) is 18.5 Å². The molecule has 2 aromatic rings. The van der Waals surface area contributed by atoms with E-state index in [2.05, 4.69) is 50.2 Å². The monoisotopic (exact) mass is 238 g/mol. The van der Waals surface area contributed by atoms with Crippen molar-refractivity contribution < 1.29 is 9.47 Å². The van der Waals surface area contributed by atoms with E-state index in [1.54, 1.807) is 0 Å². The van der Waals surface area contributed by atoms with Crippen LogP contribution in [-0.2, 0) is 0 Å². The largest absolute Gasteiger partial charge is 0.481 e. The molecule has 2 aliphatic heterocycles. The van der Waals surface area contributed by atoms with Crippen LogP contribution in [0.25, 0.3) is 0 Å². The third-order valence-electron chi connectivity index (χ3n) is 3.73. The molecule has 0 fully saturated rings. The highest BCUT2D eigenvalue weighted by molar-refractivity contribution is 5.51. The second-order valence-corrected chi connectivity index (χ2v) is 5.16. The van der Waals surface area contributed by atoms with Crippen molar-refractivity contribution in [3.63, 3.8) is 0 Å². The van der Waals surface area contributed by atoms with Gasteiger partial charge in [-0.1, -0.05) is 24.3 Å². The van der Waals surface area contributed by atoms with Crippen LogP contribution in [0.4, 0.5) is 0 Å². The fourth-order valence-corrected chi connectivity index (χ4v) is 2.81. The summed E-state index contributed by atoms with van der Waals surface area (Å²) in [7, 11) is 0. The van der Waals surface area contributed by atoms with Crippen molar-refractivity contribution in [1.82, 2.24) is 0 Å². The Morgan fingerprint density at radius 2 is 1.17 bits per heavy atom. The molecule has 0 saturated carbocycles. The first kappa shape index (κ1) is 10.0. The minimum Gasteiger partial charge on any atom is -0.481 e. The van der Waals surface area contributed by atoms with Gasteiger partial charge >= 0.3 is 0 Å². The fourth-order valence-electron chi connectivity index (χ4n) is 2.81.